The minimum atomic E-state index is 0. The SMILES string of the molecule is Cn1ccnc1.[H-].[Li+]. The van der Waals surface area contributed by atoms with E-state index in [1.54, 1.807) is 12.5 Å². The fraction of sp³-hybridized carbons (Fsp3) is 0.250. The second kappa shape index (κ2) is 2.90. The van der Waals surface area contributed by atoms with Crippen LogP contribution in [0.1, 0.15) is 1.43 Å². The molecular weight excluding hydrogens is 83.0 g/mol. The maximum atomic E-state index is 3.78. The standard InChI is InChI=1S/C4H6N2.Li.H/c1-6-3-2-5-4-6;;/h2-4H,1H3;;/q;+1;-1. The number of aromatic nitrogens is 2. The molecule has 0 aliphatic rings. The molecule has 0 spiro atoms. The molecule has 0 amide bonds. The molecule has 1 rings (SSSR count). The van der Waals surface area contributed by atoms with Crippen LogP contribution in [0.3, 0.4) is 0 Å². The van der Waals surface area contributed by atoms with Crippen LogP contribution in [0.25, 0.3) is 0 Å². The van der Waals surface area contributed by atoms with Gasteiger partial charge in [0.15, 0.2) is 0 Å². The molecule has 0 aliphatic carbocycles. The topological polar surface area (TPSA) is 17.8 Å². The second-order valence-electron chi connectivity index (χ2n) is 1.23. The Morgan fingerprint density at radius 1 is 1.71 bits per heavy atom. The van der Waals surface area contributed by atoms with Crippen LogP contribution >= 0.6 is 0 Å². The van der Waals surface area contributed by atoms with Crippen molar-refractivity contribution < 1.29 is 20.3 Å². The molecule has 0 aromatic carbocycles. The Hall–Kier alpha value is -0.193. The third-order valence-corrected chi connectivity index (χ3v) is 0.637. The summed E-state index contributed by atoms with van der Waals surface area (Å²) in [6.45, 7) is 0. The van der Waals surface area contributed by atoms with Crippen molar-refractivity contribution in [2.45, 2.75) is 0 Å². The summed E-state index contributed by atoms with van der Waals surface area (Å²) in [4.78, 5) is 3.78. The molecule has 0 bridgehead atoms. The summed E-state index contributed by atoms with van der Waals surface area (Å²) in [5, 5.41) is 0. The van der Waals surface area contributed by atoms with Crippen LogP contribution in [-0.4, -0.2) is 9.55 Å². The van der Waals surface area contributed by atoms with Crippen LogP contribution in [-0.2, 0) is 7.05 Å². The van der Waals surface area contributed by atoms with E-state index in [1.165, 1.54) is 0 Å². The number of nitrogens with zero attached hydrogens (tertiary/aromatic N) is 2. The molecule has 1 heterocycles. The largest absolute Gasteiger partial charge is 1.00 e. The smallest absolute Gasteiger partial charge is 1.00 e. The first-order valence-corrected chi connectivity index (χ1v) is 1.81. The van der Waals surface area contributed by atoms with Crippen molar-refractivity contribution in [3.8, 4) is 0 Å². The van der Waals surface area contributed by atoms with Crippen LogP contribution in [0.2, 0.25) is 0 Å². The van der Waals surface area contributed by atoms with E-state index >= 15 is 0 Å². The minimum Gasteiger partial charge on any atom is -1.00 e. The van der Waals surface area contributed by atoms with Gasteiger partial charge in [-0.15, -0.1) is 0 Å². The third kappa shape index (κ3) is 1.82. The summed E-state index contributed by atoms with van der Waals surface area (Å²) < 4.78 is 1.89. The van der Waals surface area contributed by atoms with Gasteiger partial charge in [0, 0.05) is 19.4 Å². The van der Waals surface area contributed by atoms with E-state index in [-0.39, 0.29) is 20.3 Å². The van der Waals surface area contributed by atoms with Gasteiger partial charge in [0.05, 0.1) is 6.33 Å². The molecule has 2 nitrogen and oxygen atoms in total. The Kier molecular flexibility index (Phi) is 2.82. The molecule has 0 fully saturated rings. The predicted molar refractivity (Wildman–Crippen MR) is 24.3 cm³/mol. The summed E-state index contributed by atoms with van der Waals surface area (Å²) >= 11 is 0. The molecule has 0 N–H and O–H groups in total. The van der Waals surface area contributed by atoms with Gasteiger partial charge in [-0.3, -0.25) is 0 Å². The van der Waals surface area contributed by atoms with Gasteiger partial charge < -0.3 is 5.99 Å². The van der Waals surface area contributed by atoms with Crippen molar-refractivity contribution in [2.24, 2.45) is 7.05 Å². The average Bonchev–Trinajstić information content (AvgIpc) is 1.86. The molecule has 1 aromatic rings. The first-order chi connectivity index (χ1) is 2.89. The number of hydrogen-bond acceptors (Lipinski definition) is 1. The monoisotopic (exact) mass is 90.1 g/mol. The van der Waals surface area contributed by atoms with Crippen LogP contribution in [0.15, 0.2) is 18.7 Å². The maximum Gasteiger partial charge on any atom is 1.00 e. The Balaban J connectivity index is 0. The molecule has 0 unspecified atom stereocenters. The molecule has 0 aliphatic heterocycles. The zero-order valence-electron chi connectivity index (χ0n) is 5.63. The van der Waals surface area contributed by atoms with Crippen molar-refractivity contribution in [3.05, 3.63) is 18.7 Å². The van der Waals surface area contributed by atoms with Crippen molar-refractivity contribution >= 4 is 0 Å². The quantitative estimate of drug-likeness (QED) is 0.323. The van der Waals surface area contributed by atoms with E-state index in [2.05, 4.69) is 4.98 Å². The van der Waals surface area contributed by atoms with Crippen molar-refractivity contribution in [1.82, 2.24) is 9.55 Å². The van der Waals surface area contributed by atoms with E-state index in [9.17, 15) is 0 Å². The normalized spacial score (nSPS) is 7.57. The Morgan fingerprint density at radius 2 is 2.43 bits per heavy atom. The van der Waals surface area contributed by atoms with Gasteiger partial charge in [-0.25, -0.2) is 4.98 Å². The van der Waals surface area contributed by atoms with E-state index in [0.29, 0.717) is 0 Å². The number of hydrogen-bond donors (Lipinski definition) is 0. The van der Waals surface area contributed by atoms with Gasteiger partial charge >= 0.3 is 18.9 Å². The predicted octanol–water partition coefficient (Wildman–Crippen LogP) is -2.46. The van der Waals surface area contributed by atoms with E-state index in [0.717, 1.165) is 0 Å². The molecule has 3 heteroatoms. The molecule has 7 heavy (non-hydrogen) atoms. The fourth-order valence-corrected chi connectivity index (χ4v) is 0.326. The number of aryl methyl sites for hydroxylation is 1. The average molecular weight is 90.1 g/mol. The fourth-order valence-electron chi connectivity index (χ4n) is 0.326. The van der Waals surface area contributed by atoms with Crippen molar-refractivity contribution in [3.63, 3.8) is 0 Å². The van der Waals surface area contributed by atoms with E-state index < -0.39 is 0 Å². The van der Waals surface area contributed by atoms with Crippen LogP contribution in [0, 0.1) is 0 Å². The summed E-state index contributed by atoms with van der Waals surface area (Å²) in [6, 6.07) is 0. The van der Waals surface area contributed by atoms with Crippen molar-refractivity contribution in [2.75, 3.05) is 0 Å². The van der Waals surface area contributed by atoms with Gasteiger partial charge in [0.2, 0.25) is 0 Å². The molecule has 0 atom stereocenters. The molecule has 0 saturated carbocycles. The number of rotatable bonds is 0. The van der Waals surface area contributed by atoms with Crippen LogP contribution in [0.4, 0.5) is 0 Å². The first kappa shape index (κ1) is 6.81. The zero-order chi connectivity index (χ0) is 4.41. The van der Waals surface area contributed by atoms with Crippen LogP contribution in [0.5, 0.6) is 0 Å². The molecule has 34 valence electrons. The van der Waals surface area contributed by atoms with Crippen molar-refractivity contribution in [1.29, 1.82) is 0 Å². The summed E-state index contributed by atoms with van der Waals surface area (Å²) in [5.41, 5.74) is 0. The zero-order valence-corrected chi connectivity index (χ0v) is 4.63. The second-order valence-corrected chi connectivity index (χ2v) is 1.23. The molecular formula is C4H7LiN2. The third-order valence-electron chi connectivity index (χ3n) is 0.637. The molecule has 0 saturated heterocycles. The summed E-state index contributed by atoms with van der Waals surface area (Å²) in [7, 11) is 1.94. The Labute approximate surface area is 56.2 Å². The Bertz CT molecular complexity index is 118. The minimum absolute atomic E-state index is 0. The van der Waals surface area contributed by atoms with Crippen LogP contribution < -0.4 is 18.9 Å². The van der Waals surface area contributed by atoms with E-state index in [4.69, 9.17) is 0 Å². The molecule has 0 radical (unpaired) electrons. The van der Waals surface area contributed by atoms with Gasteiger partial charge in [-0.05, 0) is 0 Å². The van der Waals surface area contributed by atoms with Gasteiger partial charge in [0.25, 0.3) is 0 Å². The maximum absolute atomic E-state index is 3.78. The van der Waals surface area contributed by atoms with Gasteiger partial charge in [-0.2, -0.15) is 0 Å². The summed E-state index contributed by atoms with van der Waals surface area (Å²) in [6.07, 6.45) is 5.39. The number of imidazole rings is 1. The first-order valence-electron chi connectivity index (χ1n) is 1.81. The van der Waals surface area contributed by atoms with Gasteiger partial charge in [-0.1, -0.05) is 0 Å². The molecule has 1 aromatic heterocycles. The van der Waals surface area contributed by atoms with E-state index in [1.807, 2.05) is 17.8 Å². The summed E-state index contributed by atoms with van der Waals surface area (Å²) in [5.74, 6) is 0. The Morgan fingerprint density at radius 3 is 2.57 bits per heavy atom. The van der Waals surface area contributed by atoms with Gasteiger partial charge in [0.1, 0.15) is 0 Å².